The van der Waals surface area contributed by atoms with E-state index in [0.717, 1.165) is 19.0 Å². The van der Waals surface area contributed by atoms with E-state index in [1.807, 2.05) is 11.9 Å². The van der Waals surface area contributed by atoms with Crippen molar-refractivity contribution < 1.29 is 8.78 Å². The van der Waals surface area contributed by atoms with Crippen LogP contribution in [0, 0.1) is 16.4 Å². The number of rotatable bonds is 2. The molecule has 0 atom stereocenters. The van der Waals surface area contributed by atoms with E-state index in [0.29, 0.717) is 29.1 Å². The normalized spacial score (nSPS) is 14.4. The molecule has 0 saturated heterocycles. The van der Waals surface area contributed by atoms with Gasteiger partial charge in [-0.15, -0.1) is 0 Å². The molecule has 0 radical (unpaired) electrons. The van der Waals surface area contributed by atoms with Crippen LogP contribution in [-0.4, -0.2) is 20.9 Å². The zero-order valence-corrected chi connectivity index (χ0v) is 11.8. The lowest BCUT2D eigenvalue weighted by Crippen LogP contribution is -2.32. The van der Waals surface area contributed by atoms with Gasteiger partial charge in [-0.1, -0.05) is 0 Å². The maximum absolute atomic E-state index is 13.8. The second-order valence-electron chi connectivity index (χ2n) is 4.92. The van der Waals surface area contributed by atoms with Gasteiger partial charge in [0, 0.05) is 30.9 Å². The van der Waals surface area contributed by atoms with Crippen LogP contribution in [0.4, 0.5) is 14.5 Å². The van der Waals surface area contributed by atoms with Crippen LogP contribution >= 0.6 is 12.2 Å². The standard InChI is InChI=1S/C13H14F2N4S/c1-17-7-16-19(13(17)20)8-18-4-2-3-10-11(15)5-9(14)6-12(10)18/h5-7H,2-4,8H2,1H3. The van der Waals surface area contributed by atoms with Gasteiger partial charge in [-0.3, -0.25) is 0 Å². The fraction of sp³-hybridized carbons (Fsp3) is 0.385. The summed E-state index contributed by atoms with van der Waals surface area (Å²) in [4.78, 5) is 1.91. The Balaban J connectivity index is 1.98. The molecule has 1 aromatic heterocycles. The van der Waals surface area contributed by atoms with Crippen molar-refractivity contribution in [3.8, 4) is 0 Å². The van der Waals surface area contributed by atoms with Gasteiger partial charge in [0.05, 0.1) is 0 Å². The highest BCUT2D eigenvalue weighted by atomic mass is 32.1. The van der Waals surface area contributed by atoms with E-state index in [-0.39, 0.29) is 0 Å². The number of aryl methyl sites for hydroxylation is 1. The molecule has 1 aliphatic rings. The van der Waals surface area contributed by atoms with Gasteiger partial charge in [0.25, 0.3) is 0 Å². The van der Waals surface area contributed by atoms with E-state index in [9.17, 15) is 8.78 Å². The zero-order chi connectivity index (χ0) is 14.3. The summed E-state index contributed by atoms with van der Waals surface area (Å²) < 4.78 is 31.2. The predicted octanol–water partition coefficient (Wildman–Crippen LogP) is 2.64. The average molecular weight is 296 g/mol. The first-order valence-electron chi connectivity index (χ1n) is 6.37. The summed E-state index contributed by atoms with van der Waals surface area (Å²) >= 11 is 5.23. The van der Waals surface area contributed by atoms with Crippen LogP contribution in [0.2, 0.25) is 0 Å². The number of anilines is 1. The minimum Gasteiger partial charge on any atom is -0.352 e. The van der Waals surface area contributed by atoms with Crippen molar-refractivity contribution in [1.29, 1.82) is 0 Å². The highest BCUT2D eigenvalue weighted by molar-refractivity contribution is 7.71. The predicted molar refractivity (Wildman–Crippen MR) is 74.1 cm³/mol. The Morgan fingerprint density at radius 3 is 2.85 bits per heavy atom. The summed E-state index contributed by atoms with van der Waals surface area (Å²) in [5.41, 5.74) is 1.17. The number of fused-ring (bicyclic) bond motifs is 1. The van der Waals surface area contributed by atoms with Gasteiger partial charge < -0.3 is 9.47 Å². The van der Waals surface area contributed by atoms with E-state index in [4.69, 9.17) is 12.2 Å². The molecule has 0 saturated carbocycles. The first-order valence-corrected chi connectivity index (χ1v) is 6.78. The molecule has 0 fully saturated rings. The topological polar surface area (TPSA) is 26.0 Å². The van der Waals surface area contributed by atoms with Gasteiger partial charge in [0.15, 0.2) is 4.77 Å². The van der Waals surface area contributed by atoms with E-state index in [2.05, 4.69) is 5.10 Å². The van der Waals surface area contributed by atoms with Gasteiger partial charge in [0.2, 0.25) is 0 Å². The van der Waals surface area contributed by atoms with Crippen LogP contribution in [0.25, 0.3) is 0 Å². The zero-order valence-electron chi connectivity index (χ0n) is 11.0. The first-order chi connectivity index (χ1) is 9.56. The Bertz CT molecular complexity index is 707. The fourth-order valence-corrected chi connectivity index (χ4v) is 2.66. The Morgan fingerprint density at radius 1 is 1.35 bits per heavy atom. The highest BCUT2D eigenvalue weighted by Crippen LogP contribution is 2.30. The van der Waals surface area contributed by atoms with E-state index in [1.165, 1.54) is 6.07 Å². The molecule has 2 heterocycles. The molecular weight excluding hydrogens is 282 g/mol. The molecule has 1 aliphatic heterocycles. The number of hydrogen-bond donors (Lipinski definition) is 0. The lowest BCUT2D eigenvalue weighted by atomic mass is 10.0. The lowest BCUT2D eigenvalue weighted by Gasteiger charge is -2.31. The maximum atomic E-state index is 13.8. The van der Waals surface area contributed by atoms with Crippen LogP contribution in [-0.2, 0) is 20.1 Å². The third-order valence-electron chi connectivity index (χ3n) is 3.52. The van der Waals surface area contributed by atoms with Crippen LogP contribution in [0.3, 0.4) is 0 Å². The summed E-state index contributed by atoms with van der Waals surface area (Å²) in [6.45, 7) is 1.13. The SMILES string of the molecule is Cn1cnn(CN2CCCc3c(F)cc(F)cc32)c1=S. The summed E-state index contributed by atoms with van der Waals surface area (Å²) in [7, 11) is 1.81. The molecule has 0 amide bonds. The van der Waals surface area contributed by atoms with Crippen LogP contribution in [0.5, 0.6) is 0 Å². The van der Waals surface area contributed by atoms with Gasteiger partial charge in [0.1, 0.15) is 24.6 Å². The maximum Gasteiger partial charge on any atom is 0.199 e. The molecule has 0 bridgehead atoms. The molecule has 20 heavy (non-hydrogen) atoms. The second-order valence-corrected chi connectivity index (χ2v) is 5.28. The number of benzene rings is 1. The average Bonchev–Trinajstić information content (AvgIpc) is 2.72. The van der Waals surface area contributed by atoms with Crippen LogP contribution < -0.4 is 4.90 Å². The highest BCUT2D eigenvalue weighted by Gasteiger charge is 2.21. The molecule has 0 aliphatic carbocycles. The van der Waals surface area contributed by atoms with Crippen LogP contribution in [0.1, 0.15) is 12.0 Å². The molecule has 0 spiro atoms. The molecule has 0 unspecified atom stereocenters. The molecule has 3 rings (SSSR count). The van der Waals surface area contributed by atoms with Gasteiger partial charge >= 0.3 is 0 Å². The largest absolute Gasteiger partial charge is 0.352 e. The number of aromatic nitrogens is 3. The number of hydrogen-bond acceptors (Lipinski definition) is 3. The van der Waals surface area contributed by atoms with Gasteiger partial charge in [-0.25, -0.2) is 13.5 Å². The van der Waals surface area contributed by atoms with Gasteiger partial charge in [-0.05, 0) is 31.1 Å². The van der Waals surface area contributed by atoms with Crippen molar-refractivity contribution in [2.24, 2.45) is 7.05 Å². The Labute approximate surface area is 120 Å². The van der Waals surface area contributed by atoms with Crippen molar-refractivity contribution in [1.82, 2.24) is 14.3 Å². The number of nitrogens with zero attached hydrogens (tertiary/aromatic N) is 4. The molecular formula is C13H14F2N4S. The molecule has 1 aromatic carbocycles. The minimum absolute atomic E-state index is 0.398. The summed E-state index contributed by atoms with van der Waals surface area (Å²) in [5, 5.41) is 4.17. The van der Waals surface area contributed by atoms with Crippen molar-refractivity contribution >= 4 is 17.9 Å². The molecule has 7 heteroatoms. The fourth-order valence-electron chi connectivity index (χ4n) is 2.51. The minimum atomic E-state index is -0.558. The Hall–Kier alpha value is -1.76. The van der Waals surface area contributed by atoms with Crippen molar-refractivity contribution in [2.45, 2.75) is 19.5 Å². The smallest absolute Gasteiger partial charge is 0.199 e. The second kappa shape index (κ2) is 4.97. The first kappa shape index (κ1) is 13.2. The van der Waals surface area contributed by atoms with E-state index in [1.54, 1.807) is 15.6 Å². The third kappa shape index (κ3) is 2.22. The van der Waals surface area contributed by atoms with Crippen molar-refractivity contribution in [3.05, 3.63) is 40.4 Å². The van der Waals surface area contributed by atoms with Crippen molar-refractivity contribution in [3.63, 3.8) is 0 Å². The van der Waals surface area contributed by atoms with Gasteiger partial charge in [-0.2, -0.15) is 5.10 Å². The van der Waals surface area contributed by atoms with E-state index < -0.39 is 11.6 Å². The number of halogens is 2. The Morgan fingerprint density at radius 2 is 2.15 bits per heavy atom. The van der Waals surface area contributed by atoms with E-state index >= 15 is 0 Å². The molecule has 2 aromatic rings. The summed E-state index contributed by atoms with van der Waals surface area (Å²) in [6.07, 6.45) is 3.08. The monoisotopic (exact) mass is 296 g/mol. The lowest BCUT2D eigenvalue weighted by molar-refractivity contribution is 0.520. The quantitative estimate of drug-likeness (QED) is 0.797. The summed E-state index contributed by atoms with van der Waals surface area (Å²) in [6, 6.07) is 2.32. The van der Waals surface area contributed by atoms with Crippen LogP contribution in [0.15, 0.2) is 18.5 Å². The molecule has 0 N–H and O–H groups in total. The summed E-state index contributed by atoms with van der Waals surface area (Å²) in [5.74, 6) is -1.04. The Kier molecular flexibility index (Phi) is 3.29. The molecule has 4 nitrogen and oxygen atoms in total. The third-order valence-corrected chi connectivity index (χ3v) is 4.02. The van der Waals surface area contributed by atoms with Crippen molar-refractivity contribution in [2.75, 3.05) is 11.4 Å². The molecule has 106 valence electrons.